The van der Waals surface area contributed by atoms with Gasteiger partial charge in [-0.2, -0.15) is 0 Å². The molecule has 20 heavy (non-hydrogen) atoms. The van der Waals surface area contributed by atoms with Gasteiger partial charge in [0, 0.05) is 0 Å². The Balaban J connectivity index is 0.00000147. The average molecular weight is 377 g/mol. The minimum Gasteiger partial charge on any atom is -1.00 e. The highest BCUT2D eigenvalue weighted by Crippen LogP contribution is 2.37. The van der Waals surface area contributed by atoms with Crippen LogP contribution in [-0.4, -0.2) is 41.0 Å². The zero-order valence-corrected chi connectivity index (χ0v) is 14.6. The lowest BCUT2D eigenvalue weighted by molar-refractivity contribution is -0.471. The molecule has 0 bridgehead atoms. The van der Waals surface area contributed by atoms with E-state index in [-0.39, 0.29) is 39.8 Å². The van der Waals surface area contributed by atoms with Crippen molar-refractivity contribution in [3.63, 3.8) is 0 Å². The quantitative estimate of drug-likeness (QED) is 0.586. The van der Waals surface area contributed by atoms with E-state index in [0.717, 1.165) is 22.0 Å². The molecule has 0 amide bonds. The number of benzene rings is 1. The Morgan fingerprint density at radius 2 is 2.00 bits per heavy atom. The standard InChI is InChI=1S/C13H16N2O2S2.BrH/c1-8-3-4-9(2)10(5-8)15-11-6-19(16,17)7-12(11)18-13(15)14;/h3-5,11-12,14H,6-7H2,1-2H3;1H. The fourth-order valence-electron chi connectivity index (χ4n) is 2.80. The van der Waals surface area contributed by atoms with Crippen molar-refractivity contribution in [2.24, 2.45) is 5.73 Å². The van der Waals surface area contributed by atoms with Gasteiger partial charge in [-0.1, -0.05) is 12.1 Å². The highest BCUT2D eigenvalue weighted by atomic mass is 79.9. The first kappa shape index (κ1) is 15.9. The van der Waals surface area contributed by atoms with Crippen molar-refractivity contribution < 1.29 is 30.0 Å². The second-order valence-corrected chi connectivity index (χ2v) is 8.71. The van der Waals surface area contributed by atoms with E-state index < -0.39 is 9.84 Å². The lowest BCUT2D eigenvalue weighted by Crippen LogP contribution is -3.00. The molecule has 0 aliphatic carbocycles. The highest BCUT2D eigenvalue weighted by Gasteiger charge is 2.50. The summed E-state index contributed by atoms with van der Waals surface area (Å²) in [5.41, 5.74) is 9.44. The molecule has 3 rings (SSSR count). The van der Waals surface area contributed by atoms with E-state index >= 15 is 0 Å². The Morgan fingerprint density at radius 1 is 1.30 bits per heavy atom. The van der Waals surface area contributed by atoms with E-state index in [9.17, 15) is 8.42 Å². The number of amidine groups is 1. The van der Waals surface area contributed by atoms with Crippen LogP contribution < -0.4 is 22.7 Å². The summed E-state index contributed by atoms with van der Waals surface area (Å²) < 4.78 is 25.6. The highest BCUT2D eigenvalue weighted by molar-refractivity contribution is 8.15. The largest absolute Gasteiger partial charge is 1.00 e. The molecule has 0 aromatic heterocycles. The van der Waals surface area contributed by atoms with Gasteiger partial charge in [0.25, 0.3) is 0 Å². The van der Waals surface area contributed by atoms with Gasteiger partial charge in [0.2, 0.25) is 0 Å². The molecule has 2 N–H and O–H groups in total. The van der Waals surface area contributed by atoms with Crippen molar-refractivity contribution in [1.82, 2.24) is 0 Å². The Kier molecular flexibility index (Phi) is 4.24. The number of nitrogens with two attached hydrogens (primary N) is 1. The van der Waals surface area contributed by atoms with Crippen LogP contribution in [0.15, 0.2) is 18.2 Å². The zero-order chi connectivity index (χ0) is 13.8. The van der Waals surface area contributed by atoms with Gasteiger partial charge in [-0.15, -0.1) is 0 Å². The molecule has 110 valence electrons. The maximum Gasteiger partial charge on any atom is 0.310 e. The van der Waals surface area contributed by atoms with Crippen LogP contribution in [0.3, 0.4) is 0 Å². The summed E-state index contributed by atoms with van der Waals surface area (Å²) >= 11 is 1.50. The molecule has 1 saturated heterocycles. The summed E-state index contributed by atoms with van der Waals surface area (Å²) in [5.74, 6) is 0.448. The molecule has 1 aromatic rings. The lowest BCUT2D eigenvalue weighted by atomic mass is 10.1. The second-order valence-electron chi connectivity index (χ2n) is 5.30. The predicted octanol–water partition coefficient (Wildman–Crippen LogP) is -1.82. The molecule has 2 aliphatic rings. The molecule has 0 spiro atoms. The molecule has 2 unspecified atom stereocenters. The molecule has 2 aliphatic heterocycles. The molecule has 7 heteroatoms. The van der Waals surface area contributed by atoms with Crippen LogP contribution in [0.2, 0.25) is 0 Å². The Hall–Kier alpha value is -0.530. The van der Waals surface area contributed by atoms with Crippen LogP contribution >= 0.6 is 11.8 Å². The van der Waals surface area contributed by atoms with Crippen LogP contribution in [0, 0.1) is 13.8 Å². The second kappa shape index (κ2) is 5.35. The molecule has 1 fully saturated rings. The fraction of sp³-hybridized carbons (Fsp3) is 0.462. The molecule has 0 saturated carbocycles. The summed E-state index contributed by atoms with van der Waals surface area (Å²) in [6.07, 6.45) is 0. The molecule has 2 atom stereocenters. The Morgan fingerprint density at radius 3 is 2.70 bits per heavy atom. The zero-order valence-electron chi connectivity index (χ0n) is 11.3. The molecule has 0 radical (unpaired) electrons. The van der Waals surface area contributed by atoms with E-state index in [0.29, 0.717) is 0 Å². The number of hydrogen-bond acceptors (Lipinski definition) is 4. The van der Waals surface area contributed by atoms with Crippen molar-refractivity contribution in [2.45, 2.75) is 25.1 Å². The normalized spacial score (nSPS) is 27.3. The molecule has 4 nitrogen and oxygen atoms in total. The van der Waals surface area contributed by atoms with Crippen molar-refractivity contribution >= 4 is 32.5 Å². The third-order valence-corrected chi connectivity index (χ3v) is 6.89. The van der Waals surface area contributed by atoms with Crippen LogP contribution in [0.4, 0.5) is 5.69 Å². The van der Waals surface area contributed by atoms with Gasteiger partial charge in [0.15, 0.2) is 9.84 Å². The van der Waals surface area contributed by atoms with Gasteiger partial charge < -0.3 is 17.0 Å². The van der Waals surface area contributed by atoms with Crippen LogP contribution in [0.1, 0.15) is 11.1 Å². The minimum absolute atomic E-state index is 0. The van der Waals surface area contributed by atoms with Crippen molar-refractivity contribution in [3.05, 3.63) is 29.3 Å². The van der Waals surface area contributed by atoms with E-state index in [1.807, 2.05) is 18.4 Å². The number of sulfone groups is 1. The van der Waals surface area contributed by atoms with Gasteiger partial charge in [0.05, 0.1) is 16.8 Å². The first-order valence-corrected chi connectivity index (χ1v) is 8.93. The smallest absolute Gasteiger partial charge is 0.310 e. The van der Waals surface area contributed by atoms with E-state index in [1.165, 1.54) is 11.8 Å². The van der Waals surface area contributed by atoms with Gasteiger partial charge in [-0.25, -0.2) is 13.0 Å². The summed E-state index contributed by atoms with van der Waals surface area (Å²) in [6, 6.07) is 6.17. The Bertz CT molecular complexity index is 686. The maximum atomic E-state index is 11.8. The number of fused-ring (bicyclic) bond motifs is 1. The first-order chi connectivity index (χ1) is 8.87. The van der Waals surface area contributed by atoms with Gasteiger partial charge in [-0.05, 0) is 42.8 Å². The number of rotatable bonds is 1. The Labute approximate surface area is 134 Å². The predicted molar refractivity (Wildman–Crippen MR) is 78.9 cm³/mol. The summed E-state index contributed by atoms with van der Waals surface area (Å²) in [5, 5.41) is 0.795. The van der Waals surface area contributed by atoms with E-state index in [4.69, 9.17) is 5.73 Å². The van der Waals surface area contributed by atoms with E-state index in [2.05, 4.69) is 18.2 Å². The van der Waals surface area contributed by atoms with Crippen molar-refractivity contribution in [2.75, 3.05) is 11.5 Å². The number of halogens is 1. The maximum absolute atomic E-state index is 11.8. The molecule has 2 heterocycles. The SMILES string of the molecule is Cc1ccc(C)c([N+]2=C(N)SC3CS(=O)(=O)CC32)c1.[Br-]. The molecular formula is C13H17BrN2O2S2. The summed E-state index contributed by atoms with van der Waals surface area (Å²) in [6.45, 7) is 4.06. The van der Waals surface area contributed by atoms with Gasteiger partial charge in [0.1, 0.15) is 11.7 Å². The summed E-state index contributed by atoms with van der Waals surface area (Å²) in [4.78, 5) is 0. The van der Waals surface area contributed by atoms with Crippen LogP contribution in [0.5, 0.6) is 0 Å². The number of nitrogens with zero attached hydrogens (tertiary/aromatic N) is 1. The third kappa shape index (κ3) is 2.63. The summed E-state index contributed by atoms with van der Waals surface area (Å²) in [7, 11) is -2.92. The fourth-order valence-corrected chi connectivity index (χ4v) is 6.61. The van der Waals surface area contributed by atoms with Gasteiger partial charge in [-0.3, -0.25) is 5.73 Å². The molecule has 1 aromatic carbocycles. The average Bonchev–Trinajstić information content (AvgIpc) is 2.73. The van der Waals surface area contributed by atoms with Gasteiger partial charge >= 0.3 is 5.17 Å². The monoisotopic (exact) mass is 376 g/mol. The van der Waals surface area contributed by atoms with Crippen molar-refractivity contribution in [3.8, 4) is 0 Å². The minimum atomic E-state index is -2.92. The third-order valence-electron chi connectivity index (χ3n) is 3.74. The van der Waals surface area contributed by atoms with Crippen LogP contribution in [-0.2, 0) is 9.84 Å². The van der Waals surface area contributed by atoms with Crippen LogP contribution in [0.25, 0.3) is 0 Å². The first-order valence-electron chi connectivity index (χ1n) is 6.23. The lowest BCUT2D eigenvalue weighted by Gasteiger charge is -2.13. The van der Waals surface area contributed by atoms with E-state index in [1.54, 1.807) is 0 Å². The number of thioether (sulfide) groups is 1. The number of aryl methyl sites for hydroxylation is 2. The topological polar surface area (TPSA) is 63.2 Å². The number of hydrogen-bond donors (Lipinski definition) is 1. The van der Waals surface area contributed by atoms with Crippen molar-refractivity contribution in [1.29, 1.82) is 0 Å². The molecular weight excluding hydrogens is 360 g/mol.